The molecule has 1 aromatic heterocycles. The molecule has 1 aromatic carbocycles. The first-order chi connectivity index (χ1) is 6.45. The number of hydrogen-bond donors (Lipinski definition) is 1. The first-order valence-corrected chi connectivity index (χ1v) is 3.90. The number of rotatable bonds is 2. The van der Waals surface area contributed by atoms with Crippen LogP contribution in [0.2, 0.25) is 0 Å². The molecule has 1 N–H and O–H groups in total. The second-order valence-corrected chi connectivity index (χ2v) is 2.51. The van der Waals surface area contributed by atoms with Crippen molar-refractivity contribution in [2.24, 2.45) is 4.99 Å². The molecule has 2 aromatic rings. The number of aliphatic imine (C=N–C) groups is 1. The minimum absolute atomic E-state index is 0.795. The highest BCUT2D eigenvalue weighted by atomic mass is 15.3. The highest BCUT2D eigenvalue weighted by Crippen LogP contribution is 2.08. The van der Waals surface area contributed by atoms with Gasteiger partial charge in [0.25, 0.3) is 0 Å². The van der Waals surface area contributed by atoms with E-state index in [4.69, 9.17) is 0 Å². The third-order valence-corrected chi connectivity index (χ3v) is 1.54. The van der Waals surface area contributed by atoms with Crippen molar-refractivity contribution < 1.29 is 0 Å². The van der Waals surface area contributed by atoms with E-state index in [0.29, 0.717) is 0 Å². The number of nitrogens with one attached hydrogen (secondary N) is 1. The fourth-order valence-corrected chi connectivity index (χ4v) is 0.927. The van der Waals surface area contributed by atoms with Crippen molar-refractivity contribution in [3.8, 4) is 0 Å². The molecule has 1 heterocycles. The van der Waals surface area contributed by atoms with Crippen molar-refractivity contribution in [2.45, 2.75) is 0 Å². The molecule has 4 heteroatoms. The van der Waals surface area contributed by atoms with Crippen LogP contribution in [0.3, 0.4) is 0 Å². The van der Waals surface area contributed by atoms with Crippen LogP contribution < -0.4 is 0 Å². The van der Waals surface area contributed by atoms with Crippen LogP contribution in [0.4, 0.5) is 5.69 Å². The Morgan fingerprint density at radius 2 is 2.08 bits per heavy atom. The average molecular weight is 172 g/mol. The molecular weight excluding hydrogens is 164 g/mol. The quantitative estimate of drug-likeness (QED) is 0.699. The minimum atomic E-state index is 0.795. The number of aromatic nitrogens is 3. The van der Waals surface area contributed by atoms with Gasteiger partial charge in [-0.2, -0.15) is 0 Å². The average Bonchev–Trinajstić information content (AvgIpc) is 2.69. The van der Waals surface area contributed by atoms with E-state index in [1.54, 1.807) is 12.4 Å². The summed E-state index contributed by atoms with van der Waals surface area (Å²) in [6, 6.07) is 9.70. The van der Waals surface area contributed by atoms with Gasteiger partial charge < -0.3 is 0 Å². The summed E-state index contributed by atoms with van der Waals surface area (Å²) in [6.07, 6.45) is 3.31. The Labute approximate surface area is 75.3 Å². The molecule has 0 saturated carbocycles. The molecule has 0 bridgehead atoms. The lowest BCUT2D eigenvalue weighted by atomic mass is 10.3. The zero-order valence-electron chi connectivity index (χ0n) is 6.88. The van der Waals surface area contributed by atoms with Gasteiger partial charge in [0.2, 0.25) is 0 Å². The van der Waals surface area contributed by atoms with E-state index in [2.05, 4.69) is 20.4 Å². The second kappa shape index (κ2) is 3.62. The van der Waals surface area contributed by atoms with Crippen LogP contribution in [0.1, 0.15) is 5.69 Å². The number of nitrogens with zero attached hydrogens (tertiary/aromatic N) is 3. The van der Waals surface area contributed by atoms with Gasteiger partial charge in [0.1, 0.15) is 0 Å². The van der Waals surface area contributed by atoms with Gasteiger partial charge in [-0.15, -0.1) is 5.10 Å². The highest BCUT2D eigenvalue weighted by molar-refractivity contribution is 5.78. The highest BCUT2D eigenvalue weighted by Gasteiger charge is 1.87. The van der Waals surface area contributed by atoms with E-state index in [1.807, 2.05) is 30.3 Å². The van der Waals surface area contributed by atoms with Crippen LogP contribution in [-0.4, -0.2) is 21.6 Å². The smallest absolute Gasteiger partial charge is 0.0963 e. The monoisotopic (exact) mass is 172 g/mol. The van der Waals surface area contributed by atoms with E-state index >= 15 is 0 Å². The zero-order valence-corrected chi connectivity index (χ0v) is 6.88. The first-order valence-electron chi connectivity index (χ1n) is 3.90. The Hall–Kier alpha value is -1.97. The van der Waals surface area contributed by atoms with Gasteiger partial charge in [-0.05, 0) is 12.1 Å². The molecule has 0 unspecified atom stereocenters. The van der Waals surface area contributed by atoms with Crippen molar-refractivity contribution >= 4 is 11.9 Å². The van der Waals surface area contributed by atoms with E-state index in [9.17, 15) is 0 Å². The zero-order chi connectivity index (χ0) is 8.93. The summed E-state index contributed by atoms with van der Waals surface area (Å²) in [7, 11) is 0. The van der Waals surface area contributed by atoms with Crippen LogP contribution in [0, 0.1) is 0 Å². The van der Waals surface area contributed by atoms with Crippen molar-refractivity contribution in [3.63, 3.8) is 0 Å². The predicted molar refractivity (Wildman–Crippen MR) is 50.1 cm³/mol. The van der Waals surface area contributed by atoms with E-state index in [0.717, 1.165) is 11.4 Å². The summed E-state index contributed by atoms with van der Waals surface area (Å²) in [5, 5.41) is 9.90. The Balaban J connectivity index is 2.15. The third kappa shape index (κ3) is 1.99. The van der Waals surface area contributed by atoms with Crippen LogP contribution in [0.5, 0.6) is 0 Å². The molecule has 0 radical (unpaired) electrons. The first kappa shape index (κ1) is 7.67. The van der Waals surface area contributed by atoms with E-state index in [1.165, 1.54) is 0 Å². The molecule has 0 saturated heterocycles. The van der Waals surface area contributed by atoms with Crippen molar-refractivity contribution in [1.82, 2.24) is 15.4 Å². The lowest BCUT2D eigenvalue weighted by molar-refractivity contribution is 0.938. The molecule has 0 spiro atoms. The summed E-state index contributed by atoms with van der Waals surface area (Å²) in [5.41, 5.74) is 1.71. The van der Waals surface area contributed by atoms with Gasteiger partial charge in [-0.3, -0.25) is 10.1 Å². The molecular formula is C9H8N4. The van der Waals surface area contributed by atoms with Gasteiger partial charge in [0, 0.05) is 0 Å². The standard InChI is InChI=1S/C9H8N4/c1-2-4-8(5-3-1)10-6-9-7-11-13-12-9/h1-7H,(H,11,12,13)/b10-6+. The fraction of sp³-hybridized carbons (Fsp3) is 0. The van der Waals surface area contributed by atoms with E-state index in [-0.39, 0.29) is 0 Å². The Morgan fingerprint density at radius 1 is 1.23 bits per heavy atom. The van der Waals surface area contributed by atoms with Crippen LogP contribution in [0.15, 0.2) is 41.5 Å². The molecule has 4 nitrogen and oxygen atoms in total. The molecule has 13 heavy (non-hydrogen) atoms. The summed E-state index contributed by atoms with van der Waals surface area (Å²) < 4.78 is 0. The number of H-pyrrole nitrogens is 1. The third-order valence-electron chi connectivity index (χ3n) is 1.54. The minimum Gasteiger partial charge on any atom is -0.257 e. The van der Waals surface area contributed by atoms with Gasteiger partial charge in [-0.1, -0.05) is 23.4 Å². The van der Waals surface area contributed by atoms with Gasteiger partial charge in [0.05, 0.1) is 23.8 Å². The van der Waals surface area contributed by atoms with E-state index < -0.39 is 0 Å². The molecule has 0 fully saturated rings. The second-order valence-electron chi connectivity index (χ2n) is 2.51. The van der Waals surface area contributed by atoms with Gasteiger partial charge in [0.15, 0.2) is 0 Å². The maximum Gasteiger partial charge on any atom is 0.0963 e. The molecule has 2 rings (SSSR count). The fourth-order valence-electron chi connectivity index (χ4n) is 0.927. The lowest BCUT2D eigenvalue weighted by Crippen LogP contribution is -1.79. The number of aromatic amines is 1. The summed E-state index contributed by atoms with van der Waals surface area (Å²) in [5.74, 6) is 0. The van der Waals surface area contributed by atoms with Crippen LogP contribution >= 0.6 is 0 Å². The van der Waals surface area contributed by atoms with Crippen LogP contribution in [-0.2, 0) is 0 Å². The van der Waals surface area contributed by atoms with Crippen LogP contribution in [0.25, 0.3) is 0 Å². The Bertz CT molecular complexity index is 377. The number of para-hydroxylation sites is 1. The molecule has 0 aliphatic heterocycles. The van der Waals surface area contributed by atoms with Crippen molar-refractivity contribution in [1.29, 1.82) is 0 Å². The number of hydrogen-bond acceptors (Lipinski definition) is 3. The molecule has 0 amide bonds. The van der Waals surface area contributed by atoms with Crippen molar-refractivity contribution in [3.05, 3.63) is 42.2 Å². The molecule has 0 aliphatic rings. The summed E-state index contributed by atoms with van der Waals surface area (Å²) in [4.78, 5) is 4.21. The van der Waals surface area contributed by atoms with Gasteiger partial charge in [-0.25, -0.2) is 0 Å². The summed E-state index contributed by atoms with van der Waals surface area (Å²) in [6.45, 7) is 0. The maximum atomic E-state index is 4.21. The molecule has 0 aliphatic carbocycles. The number of benzene rings is 1. The Kier molecular flexibility index (Phi) is 2.14. The predicted octanol–water partition coefficient (Wildman–Crippen LogP) is 1.56. The normalized spacial score (nSPS) is 10.8. The molecule has 0 atom stereocenters. The maximum absolute atomic E-state index is 4.21. The van der Waals surface area contributed by atoms with Crippen molar-refractivity contribution in [2.75, 3.05) is 0 Å². The summed E-state index contributed by atoms with van der Waals surface area (Å²) >= 11 is 0. The topological polar surface area (TPSA) is 53.9 Å². The largest absolute Gasteiger partial charge is 0.257 e. The lowest BCUT2D eigenvalue weighted by Gasteiger charge is -1.88. The SMILES string of the molecule is C(=N\c1ccccc1)/c1cnn[nH]1. The Morgan fingerprint density at radius 3 is 2.77 bits per heavy atom. The van der Waals surface area contributed by atoms with Gasteiger partial charge >= 0.3 is 0 Å². The molecule has 64 valence electrons.